The molecule has 2 N–H and O–H groups in total. The van der Waals surface area contributed by atoms with E-state index in [1.165, 1.54) is 13.0 Å². The number of rotatable bonds is 8. The average Bonchev–Trinajstić information content (AvgIpc) is 2.66. The maximum Gasteiger partial charge on any atom is 0.248 e. The molecule has 6 heteroatoms. The first-order valence-corrected chi connectivity index (χ1v) is 9.46. The molecule has 2 aromatic rings. The molecule has 29 heavy (non-hydrogen) atoms. The van der Waals surface area contributed by atoms with Gasteiger partial charge in [0.1, 0.15) is 0 Å². The molecule has 0 radical (unpaired) electrons. The molecule has 0 aliphatic carbocycles. The van der Waals surface area contributed by atoms with Crippen molar-refractivity contribution in [2.45, 2.75) is 27.7 Å². The number of aryl methyl sites for hydroxylation is 1. The summed E-state index contributed by atoms with van der Waals surface area (Å²) in [5, 5.41) is 5.52. The van der Waals surface area contributed by atoms with Crippen molar-refractivity contribution >= 4 is 29.3 Å². The number of hydrogen-bond donors (Lipinski definition) is 2. The van der Waals surface area contributed by atoms with E-state index >= 15 is 0 Å². The predicted octanol–water partition coefficient (Wildman–Crippen LogP) is 4.65. The van der Waals surface area contributed by atoms with Crippen molar-refractivity contribution in [3.05, 3.63) is 53.6 Å². The normalized spacial score (nSPS) is 10.8. The fourth-order valence-corrected chi connectivity index (χ4v) is 2.57. The Bertz CT molecular complexity index is 904. The van der Waals surface area contributed by atoms with Crippen molar-refractivity contribution in [3.8, 4) is 11.5 Å². The molecule has 0 bridgehead atoms. The fourth-order valence-electron chi connectivity index (χ4n) is 2.57. The third-order valence-electron chi connectivity index (χ3n) is 3.93. The second-order valence-electron chi connectivity index (χ2n) is 7.17. The first-order chi connectivity index (χ1) is 13.8. The Kier molecular flexibility index (Phi) is 7.83. The Morgan fingerprint density at radius 2 is 1.79 bits per heavy atom. The summed E-state index contributed by atoms with van der Waals surface area (Å²) in [6.45, 7) is 8.09. The van der Waals surface area contributed by atoms with E-state index in [2.05, 4.69) is 24.5 Å². The van der Waals surface area contributed by atoms with Crippen molar-refractivity contribution < 1.29 is 19.1 Å². The number of nitrogens with one attached hydrogen (secondary N) is 2. The van der Waals surface area contributed by atoms with E-state index in [1.807, 2.05) is 31.2 Å². The number of methoxy groups -OCH3 is 1. The third kappa shape index (κ3) is 6.99. The molecule has 0 unspecified atom stereocenters. The van der Waals surface area contributed by atoms with Gasteiger partial charge >= 0.3 is 0 Å². The third-order valence-corrected chi connectivity index (χ3v) is 3.93. The average molecular weight is 396 g/mol. The van der Waals surface area contributed by atoms with Crippen molar-refractivity contribution in [2.24, 2.45) is 5.92 Å². The summed E-state index contributed by atoms with van der Waals surface area (Å²) >= 11 is 0. The first-order valence-electron chi connectivity index (χ1n) is 9.46. The standard InChI is InChI=1S/C23H28N2O4/c1-15(2)14-29-21-10-7-18(13-22(21)28-5)8-11-23(27)25-20-12-16(3)6-9-19(20)24-17(4)26/h6-13,15H,14H2,1-5H3,(H,24,26)(H,25,27)/b11-8+. The van der Waals surface area contributed by atoms with E-state index in [-0.39, 0.29) is 11.8 Å². The largest absolute Gasteiger partial charge is 0.493 e. The molecule has 0 aliphatic rings. The van der Waals surface area contributed by atoms with Gasteiger partial charge in [-0.25, -0.2) is 0 Å². The van der Waals surface area contributed by atoms with Gasteiger partial charge in [-0.3, -0.25) is 9.59 Å². The van der Waals surface area contributed by atoms with Crippen LogP contribution in [-0.2, 0) is 9.59 Å². The Morgan fingerprint density at radius 3 is 2.45 bits per heavy atom. The number of carbonyl (C=O) groups is 2. The van der Waals surface area contributed by atoms with E-state index in [0.717, 1.165) is 11.1 Å². The molecule has 0 aromatic heterocycles. The Morgan fingerprint density at radius 1 is 1.03 bits per heavy atom. The minimum absolute atomic E-state index is 0.202. The molecular formula is C23H28N2O4. The number of ether oxygens (including phenoxy) is 2. The van der Waals surface area contributed by atoms with Gasteiger partial charge in [0.25, 0.3) is 0 Å². The van der Waals surface area contributed by atoms with Gasteiger partial charge in [-0.15, -0.1) is 0 Å². The smallest absolute Gasteiger partial charge is 0.248 e. The summed E-state index contributed by atoms with van der Waals surface area (Å²) in [7, 11) is 1.58. The molecule has 0 fully saturated rings. The van der Waals surface area contributed by atoms with Gasteiger partial charge in [0.2, 0.25) is 11.8 Å². The van der Waals surface area contributed by atoms with Crippen LogP contribution in [0.4, 0.5) is 11.4 Å². The summed E-state index contributed by atoms with van der Waals surface area (Å²) in [5.41, 5.74) is 2.88. The van der Waals surface area contributed by atoms with E-state index in [0.29, 0.717) is 35.4 Å². The molecule has 2 amide bonds. The van der Waals surface area contributed by atoms with Gasteiger partial charge in [-0.2, -0.15) is 0 Å². The summed E-state index contributed by atoms with van der Waals surface area (Å²) in [6, 6.07) is 10.9. The maximum absolute atomic E-state index is 12.4. The number of hydrogen-bond acceptors (Lipinski definition) is 4. The molecule has 0 spiro atoms. The number of amides is 2. The monoisotopic (exact) mass is 396 g/mol. The van der Waals surface area contributed by atoms with Crippen LogP contribution in [0.3, 0.4) is 0 Å². The number of benzene rings is 2. The van der Waals surface area contributed by atoms with Gasteiger partial charge < -0.3 is 20.1 Å². The highest BCUT2D eigenvalue weighted by Crippen LogP contribution is 2.29. The summed E-state index contributed by atoms with van der Waals surface area (Å²) in [5.74, 6) is 1.18. The van der Waals surface area contributed by atoms with Crippen molar-refractivity contribution in [1.29, 1.82) is 0 Å². The van der Waals surface area contributed by atoms with Gasteiger partial charge in [-0.05, 0) is 54.3 Å². The molecule has 2 aromatic carbocycles. The van der Waals surface area contributed by atoms with Crippen molar-refractivity contribution in [3.63, 3.8) is 0 Å². The van der Waals surface area contributed by atoms with Crippen LogP contribution >= 0.6 is 0 Å². The van der Waals surface area contributed by atoms with E-state index in [9.17, 15) is 9.59 Å². The SMILES string of the molecule is COc1cc(/C=C/C(=O)Nc2cc(C)ccc2NC(C)=O)ccc1OCC(C)C. The number of anilines is 2. The lowest BCUT2D eigenvalue weighted by molar-refractivity contribution is -0.114. The number of carbonyl (C=O) groups excluding carboxylic acids is 2. The van der Waals surface area contributed by atoms with Gasteiger partial charge in [0.15, 0.2) is 11.5 Å². The summed E-state index contributed by atoms with van der Waals surface area (Å²) in [6.07, 6.45) is 3.13. The highest BCUT2D eigenvalue weighted by molar-refractivity contribution is 6.05. The van der Waals surface area contributed by atoms with Crippen LogP contribution in [0, 0.1) is 12.8 Å². The second-order valence-corrected chi connectivity index (χ2v) is 7.17. The molecule has 6 nitrogen and oxygen atoms in total. The quantitative estimate of drug-likeness (QED) is 0.637. The van der Waals surface area contributed by atoms with Crippen LogP contribution in [0.5, 0.6) is 11.5 Å². The summed E-state index contributed by atoms with van der Waals surface area (Å²) < 4.78 is 11.1. The summed E-state index contributed by atoms with van der Waals surface area (Å²) in [4.78, 5) is 23.7. The van der Waals surface area contributed by atoms with Crippen LogP contribution < -0.4 is 20.1 Å². The van der Waals surface area contributed by atoms with E-state index in [4.69, 9.17) is 9.47 Å². The lowest BCUT2D eigenvalue weighted by atomic mass is 10.1. The minimum Gasteiger partial charge on any atom is -0.493 e. The van der Waals surface area contributed by atoms with Crippen LogP contribution in [-0.4, -0.2) is 25.5 Å². The molecule has 0 atom stereocenters. The van der Waals surface area contributed by atoms with Crippen LogP contribution in [0.25, 0.3) is 6.08 Å². The molecule has 0 saturated heterocycles. The Balaban J connectivity index is 2.11. The van der Waals surface area contributed by atoms with Crippen molar-refractivity contribution in [1.82, 2.24) is 0 Å². The van der Waals surface area contributed by atoms with E-state index < -0.39 is 0 Å². The maximum atomic E-state index is 12.4. The highest BCUT2D eigenvalue weighted by Gasteiger charge is 2.08. The minimum atomic E-state index is -0.304. The van der Waals surface area contributed by atoms with Crippen LogP contribution in [0.2, 0.25) is 0 Å². The zero-order chi connectivity index (χ0) is 21.4. The Labute approximate surface area is 171 Å². The van der Waals surface area contributed by atoms with Crippen LogP contribution in [0.15, 0.2) is 42.5 Å². The fraction of sp³-hybridized carbons (Fsp3) is 0.304. The first kappa shape index (κ1) is 22.0. The van der Waals surface area contributed by atoms with E-state index in [1.54, 1.807) is 25.3 Å². The second kappa shape index (κ2) is 10.3. The van der Waals surface area contributed by atoms with Crippen LogP contribution in [0.1, 0.15) is 31.9 Å². The topological polar surface area (TPSA) is 76.7 Å². The molecule has 2 rings (SSSR count). The zero-order valence-electron chi connectivity index (χ0n) is 17.5. The van der Waals surface area contributed by atoms with Gasteiger partial charge in [0.05, 0.1) is 25.1 Å². The van der Waals surface area contributed by atoms with Gasteiger partial charge in [0, 0.05) is 13.0 Å². The molecule has 154 valence electrons. The molecule has 0 aliphatic heterocycles. The molecule has 0 heterocycles. The Hall–Kier alpha value is -3.28. The van der Waals surface area contributed by atoms with Crippen molar-refractivity contribution in [2.75, 3.05) is 24.4 Å². The zero-order valence-corrected chi connectivity index (χ0v) is 17.5. The molecule has 0 saturated carbocycles. The predicted molar refractivity (Wildman–Crippen MR) is 116 cm³/mol. The lowest BCUT2D eigenvalue weighted by Crippen LogP contribution is -2.13. The molecular weight excluding hydrogens is 368 g/mol. The highest BCUT2D eigenvalue weighted by atomic mass is 16.5. The lowest BCUT2D eigenvalue weighted by Gasteiger charge is -2.13. The van der Waals surface area contributed by atoms with Gasteiger partial charge in [-0.1, -0.05) is 26.0 Å².